The number of halogens is 2. The van der Waals surface area contributed by atoms with Crippen LogP contribution in [0.3, 0.4) is 0 Å². The first-order valence-corrected chi connectivity index (χ1v) is 9.06. The number of rotatable bonds is 8. The van der Waals surface area contributed by atoms with Crippen LogP contribution in [0.25, 0.3) is 0 Å². The molecule has 1 aromatic heterocycles. The van der Waals surface area contributed by atoms with E-state index >= 15 is 0 Å². The van der Waals surface area contributed by atoms with Crippen LogP contribution in [0.1, 0.15) is 39.2 Å². The first-order chi connectivity index (χ1) is 12.7. The summed E-state index contributed by atoms with van der Waals surface area (Å²) in [5.74, 6) is -1.65. The van der Waals surface area contributed by atoms with E-state index in [9.17, 15) is 18.4 Å². The van der Waals surface area contributed by atoms with Crippen LogP contribution in [0.5, 0.6) is 0 Å². The predicted molar refractivity (Wildman–Crippen MR) is 103 cm³/mol. The molecule has 0 amide bonds. The fourth-order valence-electron chi connectivity index (χ4n) is 2.91. The van der Waals surface area contributed by atoms with E-state index in [4.69, 9.17) is 5.73 Å². The van der Waals surface area contributed by atoms with Gasteiger partial charge in [-0.3, -0.25) is 14.3 Å². The van der Waals surface area contributed by atoms with Gasteiger partial charge in [0.1, 0.15) is 11.5 Å². The van der Waals surface area contributed by atoms with Gasteiger partial charge < -0.3 is 10.6 Å². The highest BCUT2D eigenvalue weighted by molar-refractivity contribution is 5.62. The molecule has 148 valence electrons. The molecule has 27 heavy (non-hydrogen) atoms. The number of nitrogens with two attached hydrogens (primary N) is 1. The third-order valence-corrected chi connectivity index (χ3v) is 4.22. The van der Waals surface area contributed by atoms with Crippen molar-refractivity contribution in [2.75, 3.05) is 17.2 Å². The molecule has 0 atom stereocenters. The largest absolute Gasteiger partial charge is 0.383 e. The Labute approximate surface area is 156 Å². The van der Waals surface area contributed by atoms with E-state index in [-0.39, 0.29) is 24.0 Å². The van der Waals surface area contributed by atoms with Gasteiger partial charge in [0.15, 0.2) is 11.6 Å². The standard InChI is InChI=1S/C19H26F2N4O2/c1-4-5-8-24(11-13-6-7-14(20)15(21)9-13)16-17(22)25(10-12(2)3)19(27)23-18(16)26/h6-7,9,12H,4-5,8,10-11,22H2,1-3H3,(H,23,26,27). The highest BCUT2D eigenvalue weighted by Gasteiger charge is 2.20. The number of unbranched alkanes of at least 4 members (excludes halogenated alkanes) is 1. The van der Waals surface area contributed by atoms with Crippen LogP contribution >= 0.6 is 0 Å². The Morgan fingerprint density at radius 2 is 1.93 bits per heavy atom. The number of aromatic nitrogens is 2. The van der Waals surface area contributed by atoms with Gasteiger partial charge in [0.2, 0.25) is 0 Å². The summed E-state index contributed by atoms with van der Waals surface area (Å²) in [6.07, 6.45) is 1.64. The molecule has 0 aliphatic carbocycles. The number of H-pyrrole nitrogens is 1. The molecule has 2 aromatic rings. The summed E-state index contributed by atoms with van der Waals surface area (Å²) in [4.78, 5) is 28.7. The number of hydrogen-bond donors (Lipinski definition) is 2. The number of nitrogens with zero attached hydrogens (tertiary/aromatic N) is 2. The van der Waals surface area contributed by atoms with Crippen LogP contribution < -0.4 is 21.9 Å². The van der Waals surface area contributed by atoms with E-state index in [2.05, 4.69) is 4.98 Å². The minimum absolute atomic E-state index is 0.0798. The monoisotopic (exact) mass is 380 g/mol. The Kier molecular flexibility index (Phi) is 6.76. The van der Waals surface area contributed by atoms with E-state index in [1.54, 1.807) is 4.90 Å². The maximum Gasteiger partial charge on any atom is 0.330 e. The van der Waals surface area contributed by atoms with Crippen molar-refractivity contribution in [3.8, 4) is 0 Å². The highest BCUT2D eigenvalue weighted by atomic mass is 19.2. The average Bonchev–Trinajstić information content (AvgIpc) is 2.59. The minimum Gasteiger partial charge on any atom is -0.383 e. The van der Waals surface area contributed by atoms with Gasteiger partial charge in [-0.05, 0) is 30.0 Å². The first-order valence-electron chi connectivity index (χ1n) is 9.06. The van der Waals surface area contributed by atoms with Crippen LogP contribution in [0.15, 0.2) is 27.8 Å². The molecule has 0 saturated carbocycles. The number of benzene rings is 1. The van der Waals surface area contributed by atoms with Crippen LogP contribution in [0.4, 0.5) is 20.3 Å². The maximum atomic E-state index is 13.6. The van der Waals surface area contributed by atoms with E-state index in [0.717, 1.165) is 25.0 Å². The van der Waals surface area contributed by atoms with Crippen molar-refractivity contribution in [1.29, 1.82) is 0 Å². The summed E-state index contributed by atoms with van der Waals surface area (Å²) in [5, 5.41) is 0. The molecule has 6 nitrogen and oxygen atoms in total. The molecule has 8 heteroatoms. The summed E-state index contributed by atoms with van der Waals surface area (Å²) in [6, 6.07) is 3.62. The fraction of sp³-hybridized carbons (Fsp3) is 0.474. The number of aromatic amines is 1. The predicted octanol–water partition coefficient (Wildman–Crippen LogP) is 2.86. The molecule has 0 saturated heterocycles. The molecule has 0 radical (unpaired) electrons. The Morgan fingerprint density at radius 3 is 2.52 bits per heavy atom. The molecule has 1 heterocycles. The van der Waals surface area contributed by atoms with Crippen LogP contribution in [0.2, 0.25) is 0 Å². The van der Waals surface area contributed by atoms with E-state index < -0.39 is 22.9 Å². The molecule has 0 bridgehead atoms. The van der Waals surface area contributed by atoms with Gasteiger partial charge in [0.05, 0.1) is 0 Å². The fourth-order valence-corrected chi connectivity index (χ4v) is 2.91. The van der Waals surface area contributed by atoms with E-state index in [1.807, 2.05) is 20.8 Å². The lowest BCUT2D eigenvalue weighted by Gasteiger charge is -2.26. The van der Waals surface area contributed by atoms with Crippen molar-refractivity contribution in [1.82, 2.24) is 9.55 Å². The van der Waals surface area contributed by atoms with Gasteiger partial charge in [-0.25, -0.2) is 13.6 Å². The van der Waals surface area contributed by atoms with Crippen molar-refractivity contribution in [2.24, 2.45) is 5.92 Å². The van der Waals surface area contributed by atoms with Gasteiger partial charge >= 0.3 is 5.69 Å². The highest BCUT2D eigenvalue weighted by Crippen LogP contribution is 2.21. The van der Waals surface area contributed by atoms with Gasteiger partial charge in [0, 0.05) is 19.6 Å². The minimum atomic E-state index is -0.949. The lowest BCUT2D eigenvalue weighted by molar-refractivity contribution is 0.505. The Hall–Kier alpha value is -2.64. The second-order valence-corrected chi connectivity index (χ2v) is 7.02. The number of hydrogen-bond acceptors (Lipinski definition) is 4. The molecule has 0 aliphatic heterocycles. The van der Waals surface area contributed by atoms with Crippen molar-refractivity contribution < 1.29 is 8.78 Å². The molecule has 0 spiro atoms. The van der Waals surface area contributed by atoms with Gasteiger partial charge in [-0.2, -0.15) is 0 Å². The van der Waals surface area contributed by atoms with Gasteiger partial charge in [-0.15, -0.1) is 0 Å². The SMILES string of the molecule is CCCCN(Cc1ccc(F)c(F)c1)c1c(N)n(CC(C)C)c(=O)[nH]c1=O. The molecule has 1 aromatic carbocycles. The second kappa shape index (κ2) is 8.83. The number of nitrogens with one attached hydrogen (secondary N) is 1. The summed E-state index contributed by atoms with van der Waals surface area (Å²) < 4.78 is 28.1. The molecule has 0 fully saturated rings. The zero-order valence-corrected chi connectivity index (χ0v) is 15.9. The Bertz CT molecular complexity index is 906. The quantitative estimate of drug-likeness (QED) is 0.738. The summed E-state index contributed by atoms with van der Waals surface area (Å²) in [7, 11) is 0. The van der Waals surface area contributed by atoms with Gasteiger partial charge in [-0.1, -0.05) is 33.3 Å². The van der Waals surface area contributed by atoms with Crippen LogP contribution in [-0.4, -0.2) is 16.1 Å². The summed E-state index contributed by atoms with van der Waals surface area (Å²) in [6.45, 7) is 6.90. The van der Waals surface area contributed by atoms with Crippen molar-refractivity contribution >= 4 is 11.5 Å². The third-order valence-electron chi connectivity index (χ3n) is 4.22. The van der Waals surface area contributed by atoms with Crippen molar-refractivity contribution in [3.05, 3.63) is 56.2 Å². The molecule has 0 aliphatic rings. The molecular formula is C19H26F2N4O2. The van der Waals surface area contributed by atoms with Crippen LogP contribution in [0, 0.1) is 17.6 Å². The molecule has 0 unspecified atom stereocenters. The normalized spacial score (nSPS) is 11.2. The zero-order chi connectivity index (χ0) is 20.1. The molecular weight excluding hydrogens is 354 g/mol. The zero-order valence-electron chi connectivity index (χ0n) is 15.9. The summed E-state index contributed by atoms with van der Waals surface area (Å²) >= 11 is 0. The first kappa shape index (κ1) is 20.7. The van der Waals surface area contributed by atoms with Crippen molar-refractivity contribution in [2.45, 2.75) is 46.7 Å². The van der Waals surface area contributed by atoms with Gasteiger partial charge in [0.25, 0.3) is 5.56 Å². The third kappa shape index (κ3) is 4.96. The van der Waals surface area contributed by atoms with E-state index in [1.165, 1.54) is 10.6 Å². The smallest absolute Gasteiger partial charge is 0.330 e. The van der Waals surface area contributed by atoms with Crippen LogP contribution in [-0.2, 0) is 13.1 Å². The second-order valence-electron chi connectivity index (χ2n) is 7.02. The molecule has 3 N–H and O–H groups in total. The van der Waals surface area contributed by atoms with E-state index in [0.29, 0.717) is 18.7 Å². The Balaban J connectivity index is 2.50. The maximum absolute atomic E-state index is 13.6. The topological polar surface area (TPSA) is 84.1 Å². The lowest BCUT2D eigenvalue weighted by atomic mass is 10.1. The number of nitrogen functional groups attached to an aromatic ring is 1. The molecule has 2 rings (SSSR count). The summed E-state index contributed by atoms with van der Waals surface area (Å²) in [5.41, 5.74) is 5.72. The van der Waals surface area contributed by atoms with Crippen molar-refractivity contribution in [3.63, 3.8) is 0 Å². The lowest BCUT2D eigenvalue weighted by Crippen LogP contribution is -2.39. The Morgan fingerprint density at radius 1 is 1.22 bits per heavy atom. The number of anilines is 2. The average molecular weight is 380 g/mol.